The van der Waals surface area contributed by atoms with Gasteiger partial charge < -0.3 is 5.32 Å². The summed E-state index contributed by atoms with van der Waals surface area (Å²) in [6.07, 6.45) is 4.31. The van der Waals surface area contributed by atoms with Gasteiger partial charge in [0.1, 0.15) is 0 Å². The molecule has 1 aromatic heterocycles. The average molecular weight is 299 g/mol. The molecule has 6 heteroatoms. The van der Waals surface area contributed by atoms with Crippen LogP contribution in [0.3, 0.4) is 0 Å². The summed E-state index contributed by atoms with van der Waals surface area (Å²) in [6.45, 7) is 5.78. The molecule has 0 aliphatic heterocycles. The van der Waals surface area contributed by atoms with Crippen LogP contribution in [0.25, 0.3) is 0 Å². The fourth-order valence-corrected chi connectivity index (χ4v) is 3.05. The van der Waals surface area contributed by atoms with Crippen LogP contribution in [0, 0.1) is 0 Å². The van der Waals surface area contributed by atoms with Gasteiger partial charge >= 0.3 is 5.69 Å². The largest absolute Gasteiger partial charge is 0.330 e. The molecular weight excluding hydrogens is 274 g/mol. The van der Waals surface area contributed by atoms with Crippen molar-refractivity contribution >= 4 is 11.8 Å². The Morgan fingerprint density at radius 3 is 2.30 bits per heavy atom. The van der Waals surface area contributed by atoms with E-state index in [9.17, 15) is 9.59 Å². The Balaban J connectivity index is 2.82. The third kappa shape index (κ3) is 3.55. The Morgan fingerprint density at radius 2 is 1.80 bits per heavy atom. The van der Waals surface area contributed by atoms with Gasteiger partial charge in [-0.1, -0.05) is 13.8 Å². The van der Waals surface area contributed by atoms with Crippen molar-refractivity contribution < 1.29 is 0 Å². The quantitative estimate of drug-likeness (QED) is 0.819. The Hall–Kier alpha value is -1.01. The Bertz CT molecular complexity index is 550. The molecule has 114 valence electrons. The molecule has 0 fully saturated rings. The summed E-state index contributed by atoms with van der Waals surface area (Å²) >= 11 is 1.87. The smallest absolute Gasteiger partial charge is 0.310 e. The average Bonchev–Trinajstić information content (AvgIpc) is 2.47. The summed E-state index contributed by atoms with van der Waals surface area (Å²) in [5, 5.41) is 3.38. The molecule has 1 N–H and O–H groups in total. The van der Waals surface area contributed by atoms with Crippen LogP contribution in [0.5, 0.6) is 0 Å². The van der Waals surface area contributed by atoms with E-state index in [0.717, 1.165) is 29.6 Å². The predicted molar refractivity (Wildman–Crippen MR) is 85.5 cm³/mol. The number of hydrogen-bond acceptors (Lipinski definition) is 4. The van der Waals surface area contributed by atoms with E-state index in [-0.39, 0.29) is 16.0 Å². The minimum atomic E-state index is -0.281. The van der Waals surface area contributed by atoms with Crippen molar-refractivity contribution in [3.05, 3.63) is 32.6 Å². The Morgan fingerprint density at radius 1 is 1.20 bits per heavy atom. The summed E-state index contributed by atoms with van der Waals surface area (Å²) in [5.41, 5.74) is 0.184. The molecule has 0 spiro atoms. The van der Waals surface area contributed by atoms with E-state index in [0.29, 0.717) is 6.54 Å². The van der Waals surface area contributed by atoms with Crippen molar-refractivity contribution in [3.8, 4) is 0 Å². The molecule has 0 atom stereocenters. The molecule has 0 saturated heterocycles. The molecular formula is C14H25N3O2S. The first-order valence-electron chi connectivity index (χ1n) is 6.92. The molecule has 0 saturated carbocycles. The van der Waals surface area contributed by atoms with Gasteiger partial charge in [0.25, 0.3) is 5.56 Å². The highest BCUT2D eigenvalue weighted by molar-refractivity contribution is 8.00. The summed E-state index contributed by atoms with van der Waals surface area (Å²) in [7, 11) is 3.19. The van der Waals surface area contributed by atoms with Gasteiger partial charge in [0, 0.05) is 43.7 Å². The lowest BCUT2D eigenvalue weighted by molar-refractivity contribution is 0.485. The van der Waals surface area contributed by atoms with Crippen molar-refractivity contribution in [1.82, 2.24) is 14.5 Å². The van der Waals surface area contributed by atoms with Crippen LogP contribution in [-0.2, 0) is 20.6 Å². The van der Waals surface area contributed by atoms with Crippen LogP contribution < -0.4 is 16.6 Å². The molecule has 0 aliphatic rings. The first-order chi connectivity index (χ1) is 9.40. The molecule has 0 unspecified atom stereocenters. The second kappa shape index (κ2) is 7.13. The molecule has 1 rings (SSSR count). The summed E-state index contributed by atoms with van der Waals surface area (Å²) in [6, 6.07) is 1.52. The van der Waals surface area contributed by atoms with E-state index in [1.165, 1.54) is 17.7 Å². The predicted octanol–water partition coefficient (Wildman–Crippen LogP) is 1.10. The first kappa shape index (κ1) is 17.0. The Labute approximate surface area is 124 Å². The molecule has 1 heterocycles. The highest BCUT2D eigenvalue weighted by Crippen LogP contribution is 2.29. The van der Waals surface area contributed by atoms with Crippen LogP contribution in [-0.4, -0.2) is 26.7 Å². The summed E-state index contributed by atoms with van der Waals surface area (Å²) in [5.74, 6) is 0. The number of rotatable bonds is 7. The van der Waals surface area contributed by atoms with Crippen LogP contribution >= 0.6 is 11.8 Å². The number of nitrogens with one attached hydrogen (secondary N) is 1. The van der Waals surface area contributed by atoms with Gasteiger partial charge in [0.15, 0.2) is 0 Å². The van der Waals surface area contributed by atoms with Gasteiger partial charge in [-0.15, -0.1) is 0 Å². The van der Waals surface area contributed by atoms with Gasteiger partial charge in [-0.05, 0) is 19.1 Å². The third-order valence-electron chi connectivity index (χ3n) is 4.10. The number of aromatic nitrogens is 2. The molecule has 0 bridgehead atoms. The van der Waals surface area contributed by atoms with Crippen molar-refractivity contribution in [1.29, 1.82) is 0 Å². The summed E-state index contributed by atoms with van der Waals surface area (Å²) in [4.78, 5) is 23.5. The van der Waals surface area contributed by atoms with E-state index in [1.54, 1.807) is 7.05 Å². The van der Waals surface area contributed by atoms with Crippen LogP contribution in [0.15, 0.2) is 15.7 Å². The summed E-state index contributed by atoms with van der Waals surface area (Å²) < 4.78 is 2.86. The highest BCUT2D eigenvalue weighted by Gasteiger charge is 2.24. The van der Waals surface area contributed by atoms with Crippen molar-refractivity contribution in [2.45, 2.75) is 38.0 Å². The lowest BCUT2D eigenvalue weighted by atomic mass is 10.0. The number of thioether (sulfide) groups is 1. The van der Waals surface area contributed by atoms with Gasteiger partial charge in [0.05, 0.1) is 0 Å². The maximum absolute atomic E-state index is 11.8. The van der Waals surface area contributed by atoms with E-state index in [1.807, 2.05) is 11.8 Å². The lowest BCUT2D eigenvalue weighted by Crippen LogP contribution is -2.41. The van der Waals surface area contributed by atoms with E-state index in [4.69, 9.17) is 0 Å². The number of hydrogen-bond donors (Lipinski definition) is 1. The third-order valence-corrected chi connectivity index (χ3v) is 5.69. The van der Waals surface area contributed by atoms with Gasteiger partial charge in [0.2, 0.25) is 0 Å². The molecule has 20 heavy (non-hydrogen) atoms. The lowest BCUT2D eigenvalue weighted by Gasteiger charge is -2.30. The maximum atomic E-state index is 11.8. The molecule has 0 radical (unpaired) electrons. The first-order valence-corrected chi connectivity index (χ1v) is 8.15. The van der Waals surface area contributed by atoms with Crippen molar-refractivity contribution in [2.24, 2.45) is 14.1 Å². The van der Waals surface area contributed by atoms with Crippen molar-refractivity contribution in [2.75, 3.05) is 12.8 Å². The van der Waals surface area contributed by atoms with Gasteiger partial charge in [-0.2, -0.15) is 11.8 Å². The normalized spacial score (nSPS) is 11.8. The van der Waals surface area contributed by atoms with Crippen LogP contribution in [0.2, 0.25) is 0 Å². The standard InChI is InChI=1S/C14H25N3O2S/c1-6-14(7-2,20-5)10-15-9-11-8-12(18)17(4)13(19)16(11)3/h8,15H,6-7,9-10H2,1-5H3. The molecule has 0 amide bonds. The monoisotopic (exact) mass is 299 g/mol. The minimum Gasteiger partial charge on any atom is -0.310 e. The molecule has 5 nitrogen and oxygen atoms in total. The Kier molecular flexibility index (Phi) is 6.07. The van der Waals surface area contributed by atoms with E-state index < -0.39 is 0 Å². The zero-order chi connectivity index (χ0) is 15.3. The topological polar surface area (TPSA) is 56.0 Å². The fourth-order valence-electron chi connectivity index (χ4n) is 2.23. The molecule has 1 aromatic rings. The van der Waals surface area contributed by atoms with Crippen molar-refractivity contribution in [3.63, 3.8) is 0 Å². The van der Waals surface area contributed by atoms with Gasteiger partial charge in [-0.3, -0.25) is 13.9 Å². The van der Waals surface area contributed by atoms with E-state index >= 15 is 0 Å². The SMILES string of the molecule is CCC(CC)(CNCc1cc(=O)n(C)c(=O)n1C)SC. The van der Waals surface area contributed by atoms with Gasteiger partial charge in [-0.25, -0.2) is 4.79 Å². The molecule has 0 aromatic carbocycles. The van der Waals surface area contributed by atoms with Crippen LogP contribution in [0.1, 0.15) is 32.4 Å². The second-order valence-electron chi connectivity index (χ2n) is 5.07. The van der Waals surface area contributed by atoms with E-state index in [2.05, 4.69) is 25.4 Å². The number of nitrogens with zero attached hydrogens (tertiary/aromatic N) is 2. The fraction of sp³-hybridized carbons (Fsp3) is 0.714. The molecule has 0 aliphatic carbocycles. The second-order valence-corrected chi connectivity index (χ2v) is 6.35. The zero-order valence-corrected chi connectivity index (χ0v) is 13.8. The zero-order valence-electron chi connectivity index (χ0n) is 13.0. The van der Waals surface area contributed by atoms with Crippen LogP contribution in [0.4, 0.5) is 0 Å². The minimum absolute atomic E-state index is 0.221. The highest BCUT2D eigenvalue weighted by atomic mass is 32.2. The maximum Gasteiger partial charge on any atom is 0.330 e.